The van der Waals surface area contributed by atoms with Crippen LogP contribution in [0, 0.1) is 5.92 Å². The van der Waals surface area contributed by atoms with Gasteiger partial charge in [-0.25, -0.2) is 4.79 Å². The van der Waals surface area contributed by atoms with Gasteiger partial charge < -0.3 is 9.84 Å². The van der Waals surface area contributed by atoms with E-state index in [4.69, 9.17) is 4.74 Å². The molecular weight excluding hydrogens is 290 g/mol. The molecule has 1 fully saturated rings. The summed E-state index contributed by atoms with van der Waals surface area (Å²) in [7, 11) is 0. The van der Waals surface area contributed by atoms with Crippen LogP contribution in [0.3, 0.4) is 0 Å². The molecule has 3 atom stereocenters. The largest absolute Gasteiger partial charge is 0.459 e. The van der Waals surface area contributed by atoms with E-state index in [0.717, 1.165) is 38.9 Å². The molecule has 3 unspecified atom stereocenters. The number of hydrogen-bond acceptors (Lipinski definition) is 4. The highest BCUT2D eigenvalue weighted by Crippen LogP contribution is 2.30. The number of rotatable bonds is 5. The van der Waals surface area contributed by atoms with Gasteiger partial charge in [0.05, 0.1) is 0 Å². The highest BCUT2D eigenvalue weighted by Gasteiger charge is 2.42. The summed E-state index contributed by atoms with van der Waals surface area (Å²) in [5.74, 6) is -0.613. The quantitative estimate of drug-likeness (QED) is 0.670. The van der Waals surface area contributed by atoms with Gasteiger partial charge in [0.25, 0.3) is 0 Å². The molecule has 0 radical (unpaired) electrons. The van der Waals surface area contributed by atoms with E-state index in [-0.39, 0.29) is 12.0 Å². The molecule has 1 aliphatic carbocycles. The number of carbonyl (C=O) groups is 1. The molecule has 0 bridgehead atoms. The number of aliphatic hydroxyl groups is 1. The van der Waals surface area contributed by atoms with Gasteiger partial charge in [0.1, 0.15) is 6.10 Å². The maximum absolute atomic E-state index is 12.3. The molecule has 4 nitrogen and oxygen atoms in total. The van der Waals surface area contributed by atoms with Crippen molar-refractivity contribution in [2.24, 2.45) is 5.92 Å². The number of carbonyl (C=O) groups excluding carboxylic acids is 1. The Morgan fingerprint density at radius 3 is 2.83 bits per heavy atom. The maximum Gasteiger partial charge on any atom is 0.338 e. The zero-order valence-electron chi connectivity index (χ0n) is 13.6. The van der Waals surface area contributed by atoms with Gasteiger partial charge >= 0.3 is 5.97 Å². The molecule has 0 amide bonds. The lowest BCUT2D eigenvalue weighted by Gasteiger charge is -2.28. The molecular formula is C19H25NO3. The molecule has 1 saturated heterocycles. The van der Waals surface area contributed by atoms with Crippen LogP contribution in [0.5, 0.6) is 0 Å². The highest BCUT2D eigenvalue weighted by atomic mass is 16.6. The van der Waals surface area contributed by atoms with Crippen molar-refractivity contribution in [1.82, 2.24) is 4.90 Å². The van der Waals surface area contributed by atoms with E-state index in [0.29, 0.717) is 0 Å². The predicted octanol–water partition coefficient (Wildman–Crippen LogP) is 2.52. The Morgan fingerprint density at radius 1 is 1.35 bits per heavy atom. The monoisotopic (exact) mass is 315 g/mol. The van der Waals surface area contributed by atoms with Crippen LogP contribution in [-0.4, -0.2) is 40.8 Å². The number of allylic oxidation sites excluding steroid dienone is 1. The third kappa shape index (κ3) is 3.82. The van der Waals surface area contributed by atoms with Crippen molar-refractivity contribution in [3.63, 3.8) is 0 Å². The minimum absolute atomic E-state index is 0.122. The second-order valence-electron chi connectivity index (χ2n) is 6.80. The molecule has 1 aromatic carbocycles. The normalized spacial score (nSPS) is 27.0. The van der Waals surface area contributed by atoms with Crippen LogP contribution in [0.4, 0.5) is 0 Å². The van der Waals surface area contributed by atoms with E-state index < -0.39 is 11.6 Å². The fourth-order valence-electron chi connectivity index (χ4n) is 3.40. The van der Waals surface area contributed by atoms with Crippen LogP contribution >= 0.6 is 0 Å². The van der Waals surface area contributed by atoms with E-state index in [1.54, 1.807) is 6.92 Å². The van der Waals surface area contributed by atoms with Crippen molar-refractivity contribution in [2.45, 2.75) is 44.4 Å². The summed E-state index contributed by atoms with van der Waals surface area (Å²) < 4.78 is 5.59. The van der Waals surface area contributed by atoms with Crippen molar-refractivity contribution >= 4 is 5.97 Å². The Bertz CT molecular complexity index is 567. The van der Waals surface area contributed by atoms with Gasteiger partial charge in [-0.15, -0.1) is 0 Å². The van der Waals surface area contributed by atoms with E-state index >= 15 is 0 Å². The van der Waals surface area contributed by atoms with Crippen LogP contribution in [0.2, 0.25) is 0 Å². The zero-order valence-corrected chi connectivity index (χ0v) is 13.6. The van der Waals surface area contributed by atoms with Gasteiger partial charge in [-0.3, -0.25) is 4.90 Å². The SMILES string of the molecule is CC(O)(C(=O)OC1CCN(Cc2ccccc2)C1)C1C=CCC1. The first-order valence-electron chi connectivity index (χ1n) is 8.42. The van der Waals surface area contributed by atoms with Crippen LogP contribution in [-0.2, 0) is 16.1 Å². The molecule has 0 aromatic heterocycles. The number of ether oxygens (including phenoxy) is 1. The number of likely N-dealkylation sites (tertiary alicyclic amines) is 1. The summed E-state index contributed by atoms with van der Waals surface area (Å²) in [6.07, 6.45) is 6.38. The maximum atomic E-state index is 12.3. The topological polar surface area (TPSA) is 49.8 Å². The van der Waals surface area contributed by atoms with E-state index in [9.17, 15) is 9.90 Å². The lowest BCUT2D eigenvalue weighted by Crippen LogP contribution is -2.44. The second kappa shape index (κ2) is 6.85. The Labute approximate surface area is 137 Å². The van der Waals surface area contributed by atoms with Crippen molar-refractivity contribution in [3.05, 3.63) is 48.0 Å². The van der Waals surface area contributed by atoms with E-state index in [1.807, 2.05) is 30.4 Å². The minimum atomic E-state index is -1.42. The first-order valence-corrected chi connectivity index (χ1v) is 8.42. The minimum Gasteiger partial charge on any atom is -0.459 e. The Kier molecular flexibility index (Phi) is 4.83. The number of esters is 1. The third-order valence-electron chi connectivity index (χ3n) is 4.90. The van der Waals surface area contributed by atoms with Crippen LogP contribution in [0.1, 0.15) is 31.7 Å². The van der Waals surface area contributed by atoms with Gasteiger partial charge in [0.15, 0.2) is 5.60 Å². The summed E-state index contributed by atoms with van der Waals surface area (Å²) in [6, 6.07) is 10.3. The number of hydrogen-bond donors (Lipinski definition) is 1. The van der Waals surface area contributed by atoms with Crippen molar-refractivity contribution < 1.29 is 14.6 Å². The smallest absolute Gasteiger partial charge is 0.338 e. The summed E-state index contributed by atoms with van der Waals surface area (Å²) >= 11 is 0. The van der Waals surface area contributed by atoms with Crippen LogP contribution < -0.4 is 0 Å². The third-order valence-corrected chi connectivity index (χ3v) is 4.90. The molecule has 23 heavy (non-hydrogen) atoms. The van der Waals surface area contributed by atoms with E-state index in [2.05, 4.69) is 17.0 Å². The fraction of sp³-hybridized carbons (Fsp3) is 0.526. The molecule has 1 N–H and O–H groups in total. The highest BCUT2D eigenvalue weighted by molar-refractivity contribution is 5.79. The predicted molar refractivity (Wildman–Crippen MR) is 88.7 cm³/mol. The molecule has 3 rings (SSSR count). The first kappa shape index (κ1) is 16.2. The summed E-state index contributed by atoms with van der Waals surface area (Å²) in [6.45, 7) is 4.10. The molecule has 1 aliphatic heterocycles. The molecule has 0 saturated carbocycles. The molecule has 2 aliphatic rings. The van der Waals surface area contributed by atoms with Crippen LogP contribution in [0.25, 0.3) is 0 Å². The van der Waals surface area contributed by atoms with E-state index in [1.165, 1.54) is 5.56 Å². The molecule has 1 aromatic rings. The second-order valence-corrected chi connectivity index (χ2v) is 6.80. The Hall–Kier alpha value is -1.65. The van der Waals surface area contributed by atoms with Crippen molar-refractivity contribution in [3.8, 4) is 0 Å². The standard InChI is InChI=1S/C19H25NO3/c1-19(22,16-9-5-6-10-16)18(21)23-17-11-12-20(14-17)13-15-7-3-2-4-8-15/h2-5,7-9,16-17,22H,6,10-14H2,1H3. The number of nitrogens with zero attached hydrogens (tertiary/aromatic N) is 1. The molecule has 0 spiro atoms. The Balaban J connectivity index is 1.51. The summed E-state index contributed by atoms with van der Waals surface area (Å²) in [5.41, 5.74) is -0.151. The molecule has 124 valence electrons. The molecule has 4 heteroatoms. The molecule has 1 heterocycles. The Morgan fingerprint density at radius 2 is 2.13 bits per heavy atom. The fourth-order valence-corrected chi connectivity index (χ4v) is 3.40. The van der Waals surface area contributed by atoms with Gasteiger partial charge in [0.2, 0.25) is 0 Å². The summed E-state index contributed by atoms with van der Waals surface area (Å²) in [5, 5.41) is 10.5. The number of benzene rings is 1. The van der Waals surface area contributed by atoms with Crippen LogP contribution in [0.15, 0.2) is 42.5 Å². The van der Waals surface area contributed by atoms with Gasteiger partial charge in [-0.05, 0) is 31.7 Å². The average Bonchev–Trinajstić information content (AvgIpc) is 3.20. The van der Waals surface area contributed by atoms with Crippen molar-refractivity contribution in [2.75, 3.05) is 13.1 Å². The summed E-state index contributed by atoms with van der Waals surface area (Å²) in [4.78, 5) is 14.6. The van der Waals surface area contributed by atoms with Gasteiger partial charge in [-0.2, -0.15) is 0 Å². The van der Waals surface area contributed by atoms with Crippen molar-refractivity contribution in [1.29, 1.82) is 0 Å². The lowest BCUT2D eigenvalue weighted by molar-refractivity contribution is -0.172. The van der Waals surface area contributed by atoms with Gasteiger partial charge in [0, 0.05) is 25.6 Å². The lowest BCUT2D eigenvalue weighted by atomic mass is 9.89. The van der Waals surface area contributed by atoms with Gasteiger partial charge in [-0.1, -0.05) is 42.5 Å². The zero-order chi connectivity index (χ0) is 16.3. The first-order chi connectivity index (χ1) is 11.1. The average molecular weight is 315 g/mol.